The van der Waals surface area contributed by atoms with Gasteiger partial charge in [-0.1, -0.05) is 37.3 Å². The third kappa shape index (κ3) is 6.24. The van der Waals surface area contributed by atoms with E-state index in [1.165, 1.54) is 25.7 Å². The van der Waals surface area contributed by atoms with Crippen LogP contribution in [0, 0.1) is 0 Å². The average Bonchev–Trinajstić information content (AvgIpc) is 3.08. The number of nitrogens with one attached hydrogen (secondary N) is 1. The van der Waals surface area contributed by atoms with E-state index in [1.807, 2.05) is 18.7 Å². The molecule has 0 fully saturated rings. The molecule has 0 saturated carbocycles. The van der Waals surface area contributed by atoms with Crippen LogP contribution >= 0.6 is 11.6 Å². The molecule has 1 heterocycles. The van der Waals surface area contributed by atoms with Gasteiger partial charge in [0.15, 0.2) is 0 Å². The number of nitrogen functional groups attached to an aromatic ring is 1. The van der Waals surface area contributed by atoms with E-state index in [0.717, 1.165) is 19.4 Å². The number of benzene rings is 1. The van der Waals surface area contributed by atoms with E-state index in [-0.39, 0.29) is 5.91 Å². The second-order valence-electron chi connectivity index (χ2n) is 5.91. The summed E-state index contributed by atoms with van der Waals surface area (Å²) in [6.45, 7) is 1.71. The Morgan fingerprint density at radius 3 is 2.67 bits per heavy atom. The summed E-state index contributed by atoms with van der Waals surface area (Å²) in [5.41, 5.74) is 6.70. The first-order valence-corrected chi connectivity index (χ1v) is 8.83. The number of amides is 1. The average molecular weight is 349 g/mol. The number of nitrogens with zero attached hydrogens (tertiary/aromatic N) is 2. The van der Waals surface area contributed by atoms with Crippen molar-refractivity contribution in [2.75, 3.05) is 12.3 Å². The van der Waals surface area contributed by atoms with Crippen molar-refractivity contribution in [2.24, 2.45) is 0 Å². The number of halogens is 1. The number of carbonyl (C=O) groups is 1. The van der Waals surface area contributed by atoms with E-state index < -0.39 is 0 Å². The van der Waals surface area contributed by atoms with E-state index in [4.69, 9.17) is 17.3 Å². The normalized spacial score (nSPS) is 10.7. The lowest BCUT2D eigenvalue weighted by Crippen LogP contribution is -2.25. The number of anilines is 1. The molecule has 0 radical (unpaired) electrons. The van der Waals surface area contributed by atoms with Gasteiger partial charge in [0.05, 0.1) is 11.9 Å². The molecule has 130 valence electrons. The van der Waals surface area contributed by atoms with Crippen LogP contribution in [0.3, 0.4) is 0 Å². The number of nitrogens with two attached hydrogens (primary N) is 1. The summed E-state index contributed by atoms with van der Waals surface area (Å²) in [6.07, 6.45) is 12.6. The minimum absolute atomic E-state index is 0.157. The van der Waals surface area contributed by atoms with Gasteiger partial charge in [-0.3, -0.25) is 4.79 Å². The molecule has 2 aromatic rings. The lowest BCUT2D eigenvalue weighted by atomic mass is 10.1. The summed E-state index contributed by atoms with van der Waals surface area (Å²) >= 11 is 5.90. The monoisotopic (exact) mass is 348 g/mol. The molecule has 0 spiro atoms. The van der Waals surface area contributed by atoms with Gasteiger partial charge in [-0.2, -0.15) is 0 Å². The SMILES string of the molecule is Nc1ccc(Cl)cc1C(=O)NCCCCCCCCn1ccnc1. The standard InChI is InChI=1S/C18H25ClN4O/c19-15-7-8-17(20)16(13-15)18(24)22-9-5-3-1-2-4-6-11-23-12-10-21-14-23/h7-8,10,12-14H,1-6,9,11,20H2,(H,22,24). The van der Waals surface area contributed by atoms with Gasteiger partial charge >= 0.3 is 0 Å². The van der Waals surface area contributed by atoms with Crippen molar-refractivity contribution in [1.29, 1.82) is 0 Å². The van der Waals surface area contributed by atoms with Crippen LogP contribution in [0.5, 0.6) is 0 Å². The van der Waals surface area contributed by atoms with Gasteiger partial charge in [-0.25, -0.2) is 4.98 Å². The molecule has 2 rings (SSSR count). The molecular weight excluding hydrogens is 324 g/mol. The van der Waals surface area contributed by atoms with Crippen molar-refractivity contribution in [3.8, 4) is 0 Å². The van der Waals surface area contributed by atoms with Crippen LogP contribution < -0.4 is 11.1 Å². The number of hydrogen-bond donors (Lipinski definition) is 2. The zero-order valence-electron chi connectivity index (χ0n) is 13.9. The second kappa shape index (κ2) is 9.98. The smallest absolute Gasteiger partial charge is 0.253 e. The van der Waals surface area contributed by atoms with Gasteiger partial charge in [-0.05, 0) is 31.0 Å². The zero-order valence-corrected chi connectivity index (χ0v) is 14.6. The summed E-state index contributed by atoms with van der Waals surface area (Å²) in [5, 5.41) is 3.42. The summed E-state index contributed by atoms with van der Waals surface area (Å²) in [6, 6.07) is 4.94. The van der Waals surface area contributed by atoms with Crippen LogP contribution in [0.4, 0.5) is 5.69 Å². The first-order valence-electron chi connectivity index (χ1n) is 8.46. The fraction of sp³-hybridized carbons (Fsp3) is 0.444. The molecule has 0 aliphatic carbocycles. The first-order chi connectivity index (χ1) is 11.7. The van der Waals surface area contributed by atoms with Crippen LogP contribution in [0.2, 0.25) is 5.02 Å². The van der Waals surface area contributed by atoms with Gasteiger partial charge in [0.25, 0.3) is 5.91 Å². The Balaban J connectivity index is 1.50. The highest BCUT2D eigenvalue weighted by Crippen LogP contribution is 2.17. The second-order valence-corrected chi connectivity index (χ2v) is 6.35. The van der Waals surface area contributed by atoms with Gasteiger partial charge in [0.1, 0.15) is 0 Å². The summed E-state index contributed by atoms with van der Waals surface area (Å²) < 4.78 is 2.11. The highest BCUT2D eigenvalue weighted by atomic mass is 35.5. The van der Waals surface area contributed by atoms with Crippen molar-refractivity contribution in [2.45, 2.75) is 45.1 Å². The molecule has 5 nitrogen and oxygen atoms in total. The van der Waals surface area contributed by atoms with E-state index in [0.29, 0.717) is 22.8 Å². The van der Waals surface area contributed by atoms with E-state index in [1.54, 1.807) is 18.2 Å². The molecule has 0 bridgehead atoms. The highest BCUT2D eigenvalue weighted by Gasteiger charge is 2.09. The summed E-state index contributed by atoms with van der Waals surface area (Å²) in [4.78, 5) is 16.1. The van der Waals surface area contributed by atoms with Gasteiger partial charge in [0.2, 0.25) is 0 Å². The molecule has 0 aliphatic heterocycles. The Kier molecular flexibility index (Phi) is 7.62. The molecule has 0 saturated heterocycles. The number of rotatable bonds is 10. The van der Waals surface area contributed by atoms with Crippen LogP contribution in [0.25, 0.3) is 0 Å². The van der Waals surface area contributed by atoms with Gasteiger partial charge in [0, 0.05) is 36.2 Å². The van der Waals surface area contributed by atoms with Crippen LogP contribution in [-0.4, -0.2) is 22.0 Å². The Bertz CT molecular complexity index is 628. The van der Waals surface area contributed by atoms with E-state index in [2.05, 4.69) is 14.9 Å². The Labute approximate surface area is 148 Å². The minimum atomic E-state index is -0.157. The Morgan fingerprint density at radius 2 is 1.92 bits per heavy atom. The maximum Gasteiger partial charge on any atom is 0.253 e. The molecule has 24 heavy (non-hydrogen) atoms. The fourth-order valence-corrected chi connectivity index (χ4v) is 2.74. The molecule has 0 aliphatic rings. The highest BCUT2D eigenvalue weighted by molar-refractivity contribution is 6.31. The predicted octanol–water partition coefficient (Wildman–Crippen LogP) is 3.89. The van der Waals surface area contributed by atoms with Crippen LogP contribution in [-0.2, 0) is 6.54 Å². The number of aryl methyl sites for hydroxylation is 1. The molecular formula is C18H25ClN4O. The molecule has 0 atom stereocenters. The largest absolute Gasteiger partial charge is 0.398 e. The fourth-order valence-electron chi connectivity index (χ4n) is 2.57. The van der Waals surface area contributed by atoms with Crippen LogP contribution in [0.15, 0.2) is 36.9 Å². The molecule has 1 aromatic carbocycles. The predicted molar refractivity (Wildman–Crippen MR) is 98.1 cm³/mol. The van der Waals surface area contributed by atoms with Crippen molar-refractivity contribution in [3.05, 3.63) is 47.5 Å². The summed E-state index contributed by atoms with van der Waals surface area (Å²) in [5.74, 6) is -0.157. The summed E-state index contributed by atoms with van der Waals surface area (Å²) in [7, 11) is 0. The number of aromatic nitrogens is 2. The first kappa shape index (κ1) is 18.3. The van der Waals surface area contributed by atoms with Gasteiger partial charge in [-0.15, -0.1) is 0 Å². The van der Waals surface area contributed by atoms with E-state index in [9.17, 15) is 4.79 Å². The maximum atomic E-state index is 12.0. The lowest BCUT2D eigenvalue weighted by Gasteiger charge is -2.08. The Morgan fingerprint density at radius 1 is 1.17 bits per heavy atom. The third-order valence-corrected chi connectivity index (χ3v) is 4.18. The molecule has 1 amide bonds. The quantitative estimate of drug-likeness (QED) is 0.505. The molecule has 3 N–H and O–H groups in total. The van der Waals surface area contributed by atoms with Gasteiger partial charge < -0.3 is 15.6 Å². The topological polar surface area (TPSA) is 72.9 Å². The molecule has 0 unspecified atom stereocenters. The molecule has 1 aromatic heterocycles. The molecule has 6 heteroatoms. The van der Waals surface area contributed by atoms with Crippen molar-refractivity contribution >= 4 is 23.2 Å². The zero-order chi connectivity index (χ0) is 17.2. The number of carbonyl (C=O) groups excluding carboxylic acids is 1. The lowest BCUT2D eigenvalue weighted by molar-refractivity contribution is 0.0954. The minimum Gasteiger partial charge on any atom is -0.398 e. The van der Waals surface area contributed by atoms with E-state index >= 15 is 0 Å². The van der Waals surface area contributed by atoms with Crippen molar-refractivity contribution in [3.63, 3.8) is 0 Å². The number of hydrogen-bond acceptors (Lipinski definition) is 3. The van der Waals surface area contributed by atoms with Crippen LogP contribution in [0.1, 0.15) is 48.9 Å². The number of unbranched alkanes of at least 4 members (excludes halogenated alkanes) is 5. The van der Waals surface area contributed by atoms with Crippen molar-refractivity contribution < 1.29 is 4.79 Å². The number of imidazole rings is 1. The third-order valence-electron chi connectivity index (χ3n) is 3.95. The maximum absolute atomic E-state index is 12.0. The van der Waals surface area contributed by atoms with Crippen molar-refractivity contribution in [1.82, 2.24) is 14.9 Å². The Hall–Kier alpha value is -2.01.